The minimum absolute atomic E-state index is 0.0265. The molecule has 1 N–H and O–H groups in total. The number of nitrogens with zero attached hydrogens (tertiary/aromatic N) is 2. The van der Waals surface area contributed by atoms with Crippen LogP contribution in [0, 0.1) is 13.8 Å². The SMILES string of the molecule is CCn1c(-c2ccc(C)cc2)cnc1SCC(=O)Nc1ccc(C)cc1. The lowest BCUT2D eigenvalue weighted by Gasteiger charge is -2.10. The lowest BCUT2D eigenvalue weighted by Crippen LogP contribution is -2.14. The smallest absolute Gasteiger partial charge is 0.234 e. The molecule has 0 aliphatic rings. The summed E-state index contributed by atoms with van der Waals surface area (Å²) < 4.78 is 2.15. The molecule has 134 valence electrons. The summed E-state index contributed by atoms with van der Waals surface area (Å²) in [7, 11) is 0. The van der Waals surface area contributed by atoms with Gasteiger partial charge in [-0.05, 0) is 38.5 Å². The van der Waals surface area contributed by atoms with Crippen LogP contribution in [0.1, 0.15) is 18.1 Å². The summed E-state index contributed by atoms with van der Waals surface area (Å²) in [5.41, 5.74) is 5.44. The van der Waals surface area contributed by atoms with Crippen molar-refractivity contribution in [2.24, 2.45) is 0 Å². The van der Waals surface area contributed by atoms with Gasteiger partial charge in [-0.2, -0.15) is 0 Å². The van der Waals surface area contributed by atoms with Crippen molar-refractivity contribution in [1.29, 1.82) is 0 Å². The molecule has 26 heavy (non-hydrogen) atoms. The number of nitrogens with one attached hydrogen (secondary N) is 1. The van der Waals surface area contributed by atoms with Gasteiger partial charge >= 0.3 is 0 Å². The van der Waals surface area contributed by atoms with Crippen LogP contribution in [0.3, 0.4) is 0 Å². The molecule has 0 radical (unpaired) electrons. The molecule has 1 amide bonds. The quantitative estimate of drug-likeness (QED) is 0.631. The molecule has 0 unspecified atom stereocenters. The molecule has 4 nitrogen and oxygen atoms in total. The van der Waals surface area contributed by atoms with Gasteiger partial charge in [0.05, 0.1) is 17.6 Å². The van der Waals surface area contributed by atoms with Crippen LogP contribution < -0.4 is 5.32 Å². The van der Waals surface area contributed by atoms with E-state index in [1.54, 1.807) is 0 Å². The van der Waals surface area contributed by atoms with Crippen LogP contribution in [0.25, 0.3) is 11.3 Å². The fraction of sp³-hybridized carbons (Fsp3) is 0.238. The third kappa shape index (κ3) is 4.35. The Morgan fingerprint density at radius 2 is 1.65 bits per heavy atom. The maximum atomic E-state index is 12.2. The number of amides is 1. The average molecular weight is 366 g/mol. The number of benzene rings is 2. The Morgan fingerprint density at radius 1 is 1.04 bits per heavy atom. The molecule has 0 saturated carbocycles. The van der Waals surface area contributed by atoms with Crippen molar-refractivity contribution in [2.75, 3.05) is 11.1 Å². The number of imidazole rings is 1. The summed E-state index contributed by atoms with van der Waals surface area (Å²) in [6.45, 7) is 7.01. The average Bonchev–Trinajstić information content (AvgIpc) is 3.05. The van der Waals surface area contributed by atoms with Crippen LogP contribution in [0.4, 0.5) is 5.69 Å². The highest BCUT2D eigenvalue weighted by Gasteiger charge is 2.13. The number of aromatic nitrogens is 2. The molecule has 0 aliphatic heterocycles. The Labute approximate surface area is 158 Å². The molecule has 1 aromatic heterocycles. The zero-order valence-electron chi connectivity index (χ0n) is 15.3. The Hall–Kier alpha value is -2.53. The highest BCUT2D eigenvalue weighted by atomic mass is 32.2. The topological polar surface area (TPSA) is 46.9 Å². The lowest BCUT2D eigenvalue weighted by molar-refractivity contribution is -0.113. The molecule has 1 heterocycles. The summed E-state index contributed by atoms with van der Waals surface area (Å²) >= 11 is 1.46. The van der Waals surface area contributed by atoms with Gasteiger partial charge in [-0.25, -0.2) is 4.98 Å². The normalized spacial score (nSPS) is 10.7. The van der Waals surface area contributed by atoms with E-state index in [1.807, 2.05) is 37.4 Å². The van der Waals surface area contributed by atoms with Gasteiger partial charge in [-0.3, -0.25) is 4.79 Å². The van der Waals surface area contributed by atoms with Gasteiger partial charge in [0.2, 0.25) is 5.91 Å². The minimum atomic E-state index is -0.0265. The predicted octanol–water partition coefficient (Wildman–Crippen LogP) is 4.92. The van der Waals surface area contributed by atoms with Gasteiger partial charge in [0, 0.05) is 12.2 Å². The van der Waals surface area contributed by atoms with Gasteiger partial charge in [0.25, 0.3) is 0 Å². The molecule has 3 rings (SSSR count). The third-order valence-corrected chi connectivity index (χ3v) is 5.14. The second-order valence-electron chi connectivity index (χ2n) is 6.24. The molecule has 0 spiro atoms. The van der Waals surface area contributed by atoms with Crippen LogP contribution in [-0.2, 0) is 11.3 Å². The van der Waals surface area contributed by atoms with E-state index >= 15 is 0 Å². The van der Waals surface area contributed by atoms with E-state index in [-0.39, 0.29) is 5.91 Å². The molecule has 0 saturated heterocycles. The fourth-order valence-corrected chi connectivity index (χ4v) is 3.54. The van der Waals surface area contributed by atoms with E-state index in [1.165, 1.54) is 22.9 Å². The standard InChI is InChI=1S/C21H23N3OS/c1-4-24-19(17-9-5-15(2)6-10-17)13-22-21(24)26-14-20(25)23-18-11-7-16(3)8-12-18/h5-13H,4,14H2,1-3H3,(H,23,25). The monoisotopic (exact) mass is 365 g/mol. The highest BCUT2D eigenvalue weighted by Crippen LogP contribution is 2.26. The van der Waals surface area contributed by atoms with Crippen LogP contribution in [0.2, 0.25) is 0 Å². The maximum absolute atomic E-state index is 12.2. The Balaban J connectivity index is 1.67. The largest absolute Gasteiger partial charge is 0.325 e. The molecule has 0 aliphatic carbocycles. The van der Waals surface area contributed by atoms with Gasteiger partial charge in [0.15, 0.2) is 5.16 Å². The first kappa shape index (κ1) is 18.3. The number of hydrogen-bond donors (Lipinski definition) is 1. The van der Waals surface area contributed by atoms with Crippen LogP contribution in [-0.4, -0.2) is 21.2 Å². The molecule has 5 heteroatoms. The van der Waals surface area contributed by atoms with E-state index in [2.05, 4.69) is 53.0 Å². The number of thioether (sulfide) groups is 1. The summed E-state index contributed by atoms with van der Waals surface area (Å²) in [4.78, 5) is 16.7. The highest BCUT2D eigenvalue weighted by molar-refractivity contribution is 7.99. The van der Waals surface area contributed by atoms with Crippen molar-refractivity contribution in [3.05, 3.63) is 65.9 Å². The number of rotatable bonds is 6. The first-order chi connectivity index (χ1) is 12.6. The van der Waals surface area contributed by atoms with Crippen molar-refractivity contribution in [3.8, 4) is 11.3 Å². The molecule has 0 fully saturated rings. The Bertz CT molecular complexity index is 883. The number of hydrogen-bond acceptors (Lipinski definition) is 3. The van der Waals surface area contributed by atoms with Gasteiger partial charge in [0.1, 0.15) is 0 Å². The number of anilines is 1. The second kappa shape index (κ2) is 8.23. The number of carbonyl (C=O) groups excluding carboxylic acids is 1. The van der Waals surface area contributed by atoms with Gasteiger partial charge < -0.3 is 9.88 Å². The Morgan fingerprint density at radius 3 is 2.27 bits per heavy atom. The van der Waals surface area contributed by atoms with E-state index in [0.717, 1.165) is 28.6 Å². The number of carbonyl (C=O) groups is 1. The summed E-state index contributed by atoms with van der Waals surface area (Å²) in [5, 5.41) is 3.79. The van der Waals surface area contributed by atoms with Crippen molar-refractivity contribution in [1.82, 2.24) is 9.55 Å². The fourth-order valence-electron chi connectivity index (χ4n) is 2.70. The summed E-state index contributed by atoms with van der Waals surface area (Å²) in [6.07, 6.45) is 1.88. The van der Waals surface area contributed by atoms with Crippen molar-refractivity contribution < 1.29 is 4.79 Å². The summed E-state index contributed by atoms with van der Waals surface area (Å²) in [6, 6.07) is 16.2. The second-order valence-corrected chi connectivity index (χ2v) is 7.18. The van der Waals surface area contributed by atoms with Gasteiger partial charge in [-0.15, -0.1) is 0 Å². The maximum Gasteiger partial charge on any atom is 0.234 e. The minimum Gasteiger partial charge on any atom is -0.325 e. The first-order valence-electron chi connectivity index (χ1n) is 8.68. The van der Waals surface area contributed by atoms with Crippen LogP contribution in [0.5, 0.6) is 0 Å². The van der Waals surface area contributed by atoms with Crippen LogP contribution in [0.15, 0.2) is 59.9 Å². The van der Waals surface area contributed by atoms with E-state index < -0.39 is 0 Å². The summed E-state index contributed by atoms with van der Waals surface area (Å²) in [5.74, 6) is 0.305. The first-order valence-corrected chi connectivity index (χ1v) is 9.67. The lowest BCUT2D eigenvalue weighted by atomic mass is 10.1. The van der Waals surface area contributed by atoms with E-state index in [9.17, 15) is 4.79 Å². The zero-order chi connectivity index (χ0) is 18.5. The molecule has 0 atom stereocenters. The predicted molar refractivity (Wildman–Crippen MR) is 109 cm³/mol. The molecular formula is C21H23N3OS. The van der Waals surface area contributed by atoms with E-state index in [4.69, 9.17) is 0 Å². The molecule has 2 aromatic carbocycles. The molecule has 3 aromatic rings. The number of aryl methyl sites for hydroxylation is 2. The zero-order valence-corrected chi connectivity index (χ0v) is 16.1. The van der Waals surface area contributed by atoms with Gasteiger partial charge in [-0.1, -0.05) is 59.3 Å². The van der Waals surface area contributed by atoms with E-state index in [0.29, 0.717) is 5.75 Å². The third-order valence-electron chi connectivity index (χ3n) is 4.15. The van der Waals surface area contributed by atoms with Crippen molar-refractivity contribution >= 4 is 23.4 Å². The van der Waals surface area contributed by atoms with Crippen LogP contribution >= 0.6 is 11.8 Å². The van der Waals surface area contributed by atoms with Crippen molar-refractivity contribution in [2.45, 2.75) is 32.5 Å². The molecular weight excluding hydrogens is 342 g/mol. The Kier molecular flexibility index (Phi) is 5.78. The molecule has 0 bridgehead atoms. The van der Waals surface area contributed by atoms with Crippen molar-refractivity contribution in [3.63, 3.8) is 0 Å².